The van der Waals surface area contributed by atoms with Crippen LogP contribution in [0.2, 0.25) is 0 Å². The second kappa shape index (κ2) is 5.55. The Morgan fingerprint density at radius 1 is 1.42 bits per heavy atom. The van der Waals surface area contributed by atoms with E-state index in [1.807, 2.05) is 6.07 Å². The molecule has 1 aromatic heterocycles. The SMILES string of the molecule is N#Cc1cccnc1N1CCOCC1C1CCCO1. The molecule has 5 nitrogen and oxygen atoms in total. The van der Waals surface area contributed by atoms with Crippen LogP contribution in [-0.2, 0) is 9.47 Å². The summed E-state index contributed by atoms with van der Waals surface area (Å²) in [6.07, 6.45) is 4.08. The van der Waals surface area contributed by atoms with Crippen LogP contribution in [0.4, 0.5) is 5.82 Å². The van der Waals surface area contributed by atoms with Gasteiger partial charge in [0.25, 0.3) is 0 Å². The Morgan fingerprint density at radius 3 is 3.16 bits per heavy atom. The standard InChI is InChI=1S/C14H17N3O2/c15-9-11-3-1-5-16-14(11)17-6-8-18-10-12(17)13-4-2-7-19-13/h1,3,5,12-13H,2,4,6-8,10H2. The molecule has 0 aliphatic carbocycles. The highest BCUT2D eigenvalue weighted by Gasteiger charge is 2.34. The van der Waals surface area contributed by atoms with Crippen molar-refractivity contribution in [3.8, 4) is 6.07 Å². The molecule has 3 rings (SSSR count). The molecule has 1 aromatic rings. The monoisotopic (exact) mass is 259 g/mol. The van der Waals surface area contributed by atoms with Gasteiger partial charge in [-0.25, -0.2) is 4.98 Å². The summed E-state index contributed by atoms with van der Waals surface area (Å²) in [6.45, 7) is 2.90. The van der Waals surface area contributed by atoms with Gasteiger partial charge in [0.1, 0.15) is 11.9 Å². The van der Waals surface area contributed by atoms with Crippen molar-refractivity contribution in [2.24, 2.45) is 0 Å². The van der Waals surface area contributed by atoms with Gasteiger partial charge in [-0.2, -0.15) is 5.26 Å². The summed E-state index contributed by atoms with van der Waals surface area (Å²) in [4.78, 5) is 6.57. The average molecular weight is 259 g/mol. The van der Waals surface area contributed by atoms with Crippen LogP contribution < -0.4 is 4.90 Å². The van der Waals surface area contributed by atoms with Crippen molar-refractivity contribution < 1.29 is 9.47 Å². The second-order valence-corrected chi connectivity index (χ2v) is 4.87. The maximum Gasteiger partial charge on any atom is 0.146 e. The molecule has 19 heavy (non-hydrogen) atoms. The molecule has 0 N–H and O–H groups in total. The molecule has 2 atom stereocenters. The molecule has 2 aliphatic rings. The lowest BCUT2D eigenvalue weighted by Gasteiger charge is -2.39. The number of hydrogen-bond acceptors (Lipinski definition) is 5. The van der Waals surface area contributed by atoms with Crippen LogP contribution >= 0.6 is 0 Å². The normalized spacial score (nSPS) is 27.2. The molecule has 0 spiro atoms. The topological polar surface area (TPSA) is 58.4 Å². The van der Waals surface area contributed by atoms with Gasteiger partial charge in [0.15, 0.2) is 0 Å². The van der Waals surface area contributed by atoms with Crippen molar-refractivity contribution in [1.82, 2.24) is 4.98 Å². The predicted octanol–water partition coefficient (Wildman–Crippen LogP) is 1.34. The summed E-state index contributed by atoms with van der Waals surface area (Å²) < 4.78 is 11.4. The zero-order valence-corrected chi connectivity index (χ0v) is 10.8. The Morgan fingerprint density at radius 2 is 2.37 bits per heavy atom. The van der Waals surface area contributed by atoms with Crippen LogP contribution in [0.15, 0.2) is 18.3 Å². The zero-order chi connectivity index (χ0) is 13.1. The Balaban J connectivity index is 1.89. The van der Waals surface area contributed by atoms with Crippen LogP contribution in [0.5, 0.6) is 0 Å². The number of morpholine rings is 1. The molecule has 2 unspecified atom stereocenters. The number of ether oxygens (including phenoxy) is 2. The molecule has 3 heterocycles. The fraction of sp³-hybridized carbons (Fsp3) is 0.571. The van der Waals surface area contributed by atoms with E-state index in [1.165, 1.54) is 0 Å². The van der Waals surface area contributed by atoms with Gasteiger partial charge < -0.3 is 14.4 Å². The van der Waals surface area contributed by atoms with Crippen LogP contribution in [0.3, 0.4) is 0 Å². The first kappa shape index (κ1) is 12.4. The van der Waals surface area contributed by atoms with Crippen molar-refractivity contribution in [1.29, 1.82) is 5.26 Å². The van der Waals surface area contributed by atoms with Gasteiger partial charge in [0, 0.05) is 19.3 Å². The Hall–Kier alpha value is -1.64. The van der Waals surface area contributed by atoms with Crippen molar-refractivity contribution in [3.05, 3.63) is 23.9 Å². The van der Waals surface area contributed by atoms with E-state index in [1.54, 1.807) is 12.3 Å². The van der Waals surface area contributed by atoms with Crippen LogP contribution in [-0.4, -0.2) is 43.5 Å². The Kier molecular flexibility index (Phi) is 3.62. The van der Waals surface area contributed by atoms with Gasteiger partial charge in [0.2, 0.25) is 0 Å². The van der Waals surface area contributed by atoms with Gasteiger partial charge >= 0.3 is 0 Å². The second-order valence-electron chi connectivity index (χ2n) is 4.87. The molecule has 0 amide bonds. The Bertz CT molecular complexity index is 480. The van der Waals surface area contributed by atoms with E-state index in [0.29, 0.717) is 18.8 Å². The molecular formula is C14H17N3O2. The van der Waals surface area contributed by atoms with Crippen molar-refractivity contribution in [3.63, 3.8) is 0 Å². The molecular weight excluding hydrogens is 242 g/mol. The average Bonchev–Trinajstić information content (AvgIpc) is 3.01. The summed E-state index contributed by atoms with van der Waals surface area (Å²) in [5.41, 5.74) is 0.618. The van der Waals surface area contributed by atoms with Crippen LogP contribution in [0, 0.1) is 11.3 Å². The number of anilines is 1. The van der Waals surface area contributed by atoms with Crippen molar-refractivity contribution >= 4 is 5.82 Å². The third kappa shape index (κ3) is 2.42. The summed E-state index contributed by atoms with van der Waals surface area (Å²) >= 11 is 0. The first-order chi connectivity index (χ1) is 9.40. The lowest BCUT2D eigenvalue weighted by molar-refractivity contribution is 0.0196. The maximum absolute atomic E-state index is 9.22. The fourth-order valence-corrected chi connectivity index (χ4v) is 2.81. The maximum atomic E-state index is 9.22. The smallest absolute Gasteiger partial charge is 0.146 e. The quantitative estimate of drug-likeness (QED) is 0.802. The zero-order valence-electron chi connectivity index (χ0n) is 10.8. The molecule has 2 aliphatic heterocycles. The van der Waals surface area contributed by atoms with Gasteiger partial charge in [-0.15, -0.1) is 0 Å². The molecule has 100 valence electrons. The minimum atomic E-state index is 0.165. The summed E-state index contributed by atoms with van der Waals surface area (Å²) in [5, 5.41) is 9.22. The third-order valence-corrected chi connectivity index (χ3v) is 3.74. The number of hydrogen-bond donors (Lipinski definition) is 0. The first-order valence-corrected chi connectivity index (χ1v) is 6.71. The first-order valence-electron chi connectivity index (χ1n) is 6.71. The van der Waals surface area contributed by atoms with Crippen LogP contribution in [0.1, 0.15) is 18.4 Å². The number of nitriles is 1. The molecule has 2 saturated heterocycles. The highest BCUT2D eigenvalue weighted by atomic mass is 16.5. The van der Waals surface area contributed by atoms with E-state index in [0.717, 1.165) is 31.8 Å². The number of pyridine rings is 1. The van der Waals surface area contributed by atoms with Crippen molar-refractivity contribution in [2.45, 2.75) is 25.0 Å². The molecule has 0 bridgehead atoms. The summed E-state index contributed by atoms with van der Waals surface area (Å²) in [6, 6.07) is 5.99. The molecule has 0 aromatic carbocycles. The van der Waals surface area contributed by atoms with E-state index < -0.39 is 0 Å². The van der Waals surface area contributed by atoms with E-state index in [4.69, 9.17) is 9.47 Å². The minimum Gasteiger partial charge on any atom is -0.377 e. The van der Waals surface area contributed by atoms with Gasteiger partial charge in [-0.05, 0) is 25.0 Å². The number of nitrogens with zero attached hydrogens (tertiary/aromatic N) is 3. The lowest BCUT2D eigenvalue weighted by Crippen LogP contribution is -2.52. The molecule has 5 heteroatoms. The van der Waals surface area contributed by atoms with Crippen LogP contribution in [0.25, 0.3) is 0 Å². The van der Waals surface area contributed by atoms with Gasteiger partial charge in [-0.1, -0.05) is 0 Å². The molecule has 0 radical (unpaired) electrons. The molecule has 2 fully saturated rings. The van der Waals surface area contributed by atoms with E-state index in [2.05, 4.69) is 16.0 Å². The number of rotatable bonds is 2. The summed E-state index contributed by atoms with van der Waals surface area (Å²) in [5.74, 6) is 0.758. The highest BCUT2D eigenvalue weighted by molar-refractivity contribution is 5.54. The van der Waals surface area contributed by atoms with Gasteiger partial charge in [0.05, 0.1) is 30.9 Å². The van der Waals surface area contributed by atoms with Gasteiger partial charge in [-0.3, -0.25) is 0 Å². The third-order valence-electron chi connectivity index (χ3n) is 3.74. The largest absolute Gasteiger partial charge is 0.377 e. The van der Waals surface area contributed by atoms with Crippen molar-refractivity contribution in [2.75, 3.05) is 31.3 Å². The minimum absolute atomic E-state index is 0.165. The highest BCUT2D eigenvalue weighted by Crippen LogP contribution is 2.27. The summed E-state index contributed by atoms with van der Waals surface area (Å²) in [7, 11) is 0. The van der Waals surface area contributed by atoms with E-state index >= 15 is 0 Å². The predicted molar refractivity (Wildman–Crippen MR) is 69.9 cm³/mol. The van der Waals surface area contributed by atoms with E-state index in [-0.39, 0.29) is 12.1 Å². The molecule has 0 saturated carbocycles. The number of aromatic nitrogens is 1. The van der Waals surface area contributed by atoms with E-state index in [9.17, 15) is 5.26 Å². The fourth-order valence-electron chi connectivity index (χ4n) is 2.81. The Labute approximate surface area is 112 Å². The lowest BCUT2D eigenvalue weighted by atomic mass is 10.1.